The van der Waals surface area contributed by atoms with Crippen LogP contribution in [0.5, 0.6) is 0 Å². The maximum atomic E-state index is 13.3. The van der Waals surface area contributed by atoms with Crippen molar-refractivity contribution in [2.24, 2.45) is 0 Å². The van der Waals surface area contributed by atoms with Gasteiger partial charge in [-0.1, -0.05) is 61.9 Å². The van der Waals surface area contributed by atoms with Crippen LogP contribution in [0.3, 0.4) is 0 Å². The first-order chi connectivity index (χ1) is 15.2. The van der Waals surface area contributed by atoms with E-state index in [1.807, 2.05) is 36.4 Å². The van der Waals surface area contributed by atoms with Gasteiger partial charge in [0.05, 0.1) is 6.42 Å². The number of sulfone groups is 1. The molecule has 2 aromatic carbocycles. The lowest BCUT2D eigenvalue weighted by atomic mass is 9.88. The van der Waals surface area contributed by atoms with Crippen LogP contribution in [0.4, 0.5) is 0 Å². The van der Waals surface area contributed by atoms with Crippen molar-refractivity contribution in [3.05, 3.63) is 94.8 Å². The molecule has 0 fully saturated rings. The fourth-order valence-electron chi connectivity index (χ4n) is 4.14. The summed E-state index contributed by atoms with van der Waals surface area (Å²) in [6.45, 7) is 2.17. The Bertz CT molecular complexity index is 1120. The molecule has 2 N–H and O–H groups in total. The summed E-state index contributed by atoms with van der Waals surface area (Å²) in [5.74, 6) is -0.892. The number of hydrogen-bond donors (Lipinski definition) is 2. The normalized spacial score (nSPS) is 13.6. The number of carboxylic acids is 1. The van der Waals surface area contributed by atoms with Gasteiger partial charge in [-0.25, -0.2) is 8.42 Å². The molecule has 1 atom stereocenters. The average molecular weight is 454 g/mol. The highest BCUT2D eigenvalue weighted by molar-refractivity contribution is 7.91. The van der Waals surface area contributed by atoms with Crippen LogP contribution in [0.15, 0.2) is 66.9 Å². The first-order valence-corrected chi connectivity index (χ1v) is 12.8. The van der Waals surface area contributed by atoms with E-state index in [4.69, 9.17) is 5.11 Å². The molecule has 0 radical (unpaired) electrons. The molecule has 1 unspecified atom stereocenters. The molecule has 0 amide bonds. The molecule has 170 valence electrons. The van der Waals surface area contributed by atoms with Crippen LogP contribution in [0.25, 0.3) is 0 Å². The van der Waals surface area contributed by atoms with E-state index in [0.717, 1.165) is 30.4 Å². The lowest BCUT2D eigenvalue weighted by Crippen LogP contribution is -2.40. The molecule has 1 aromatic heterocycles. The van der Waals surface area contributed by atoms with Gasteiger partial charge in [-0.2, -0.15) is 0 Å². The van der Waals surface area contributed by atoms with Gasteiger partial charge in [-0.05, 0) is 60.1 Å². The van der Waals surface area contributed by atoms with Gasteiger partial charge in [0.2, 0.25) is 0 Å². The second-order valence-electron chi connectivity index (χ2n) is 8.51. The van der Waals surface area contributed by atoms with Crippen molar-refractivity contribution >= 4 is 15.8 Å². The number of aromatic amines is 1. The summed E-state index contributed by atoms with van der Waals surface area (Å²) in [4.78, 5) is 14.1. The van der Waals surface area contributed by atoms with Gasteiger partial charge in [0.25, 0.3) is 0 Å². The zero-order valence-electron chi connectivity index (χ0n) is 18.7. The Morgan fingerprint density at radius 3 is 1.88 bits per heavy atom. The van der Waals surface area contributed by atoms with Crippen LogP contribution in [-0.4, -0.2) is 30.7 Å². The van der Waals surface area contributed by atoms with Crippen molar-refractivity contribution in [3.8, 4) is 0 Å². The van der Waals surface area contributed by atoms with E-state index in [1.165, 1.54) is 11.8 Å². The van der Waals surface area contributed by atoms with E-state index in [9.17, 15) is 13.2 Å². The maximum Gasteiger partial charge on any atom is 0.307 e. The molecule has 0 saturated carbocycles. The molecule has 3 rings (SSSR count). The minimum absolute atomic E-state index is 0.0570. The van der Waals surface area contributed by atoms with Crippen LogP contribution in [-0.2, 0) is 45.1 Å². The molecule has 3 aromatic rings. The number of unbranched alkanes of at least 4 members (excludes halogenated alkanes) is 1. The smallest absolute Gasteiger partial charge is 0.307 e. The van der Waals surface area contributed by atoms with E-state index >= 15 is 0 Å². The summed E-state index contributed by atoms with van der Waals surface area (Å²) in [6, 6.07) is 19.1. The highest BCUT2D eigenvalue weighted by Crippen LogP contribution is 2.37. The predicted octanol–water partition coefficient (Wildman–Crippen LogP) is 4.71. The Labute approximate surface area is 190 Å². The van der Waals surface area contributed by atoms with Crippen LogP contribution in [0.2, 0.25) is 0 Å². The van der Waals surface area contributed by atoms with Gasteiger partial charge >= 0.3 is 5.97 Å². The monoisotopic (exact) mass is 453 g/mol. The van der Waals surface area contributed by atoms with Crippen molar-refractivity contribution in [2.75, 3.05) is 6.26 Å². The summed E-state index contributed by atoms with van der Waals surface area (Å²) in [7, 11) is -3.52. The minimum atomic E-state index is -3.52. The fraction of sp³-hybridized carbons (Fsp3) is 0.346. The zero-order valence-corrected chi connectivity index (χ0v) is 19.5. The maximum absolute atomic E-state index is 13.3. The van der Waals surface area contributed by atoms with Gasteiger partial charge in [0.15, 0.2) is 9.84 Å². The fourth-order valence-corrected chi connectivity index (χ4v) is 5.53. The van der Waals surface area contributed by atoms with Gasteiger partial charge in [-0.3, -0.25) is 4.79 Å². The van der Waals surface area contributed by atoms with E-state index < -0.39 is 20.6 Å². The topological polar surface area (TPSA) is 87.2 Å². The van der Waals surface area contributed by atoms with E-state index in [0.29, 0.717) is 17.7 Å². The molecule has 0 aliphatic carbocycles. The second kappa shape index (κ2) is 10.2. The Balaban J connectivity index is 1.97. The molecule has 0 saturated heterocycles. The van der Waals surface area contributed by atoms with Crippen LogP contribution < -0.4 is 0 Å². The van der Waals surface area contributed by atoms with E-state index in [2.05, 4.69) is 24.0 Å². The third kappa shape index (κ3) is 5.68. The lowest BCUT2D eigenvalue weighted by Gasteiger charge is -2.32. The number of carboxylic acid groups (broad SMARTS) is 1. The number of aryl methyl sites for hydroxylation is 1. The second-order valence-corrected chi connectivity index (χ2v) is 10.8. The van der Waals surface area contributed by atoms with Crippen LogP contribution in [0, 0.1) is 0 Å². The highest BCUT2D eigenvalue weighted by Gasteiger charge is 2.43. The Morgan fingerprint density at radius 2 is 1.44 bits per heavy atom. The average Bonchev–Trinajstić information content (AvgIpc) is 3.28. The summed E-state index contributed by atoms with van der Waals surface area (Å²) >= 11 is 0. The molecule has 0 aliphatic rings. The van der Waals surface area contributed by atoms with Gasteiger partial charge in [0.1, 0.15) is 4.75 Å². The van der Waals surface area contributed by atoms with E-state index in [-0.39, 0.29) is 12.8 Å². The van der Waals surface area contributed by atoms with Gasteiger partial charge in [-0.15, -0.1) is 0 Å². The molecule has 32 heavy (non-hydrogen) atoms. The zero-order chi connectivity index (χ0) is 23.2. The van der Waals surface area contributed by atoms with Crippen molar-refractivity contribution in [2.45, 2.75) is 50.2 Å². The summed E-state index contributed by atoms with van der Waals surface area (Å²) in [5.41, 5.74) is 4.42. The highest BCUT2D eigenvalue weighted by atomic mass is 32.2. The number of aromatic nitrogens is 1. The number of aliphatic carboxylic acids is 1. The third-order valence-electron chi connectivity index (χ3n) is 6.00. The first kappa shape index (κ1) is 23.8. The Kier molecular flexibility index (Phi) is 7.56. The van der Waals surface area contributed by atoms with Gasteiger partial charge < -0.3 is 10.1 Å². The van der Waals surface area contributed by atoms with Crippen molar-refractivity contribution in [3.63, 3.8) is 0 Å². The standard InChI is InChI=1S/C26H31NO4S/c1-3-4-6-20-8-12-22(13-9-20)18-26(32(2,30)31,24-7-5-16-27-24)19-23-14-10-21(11-15-23)17-25(28)29/h5,7-16,27H,3-4,6,17-19H2,1-2H3,(H,28,29). The molecule has 6 heteroatoms. The Morgan fingerprint density at radius 1 is 0.906 bits per heavy atom. The number of carbonyl (C=O) groups is 1. The predicted molar refractivity (Wildman–Crippen MR) is 128 cm³/mol. The summed E-state index contributed by atoms with van der Waals surface area (Å²) in [5, 5.41) is 9.00. The largest absolute Gasteiger partial charge is 0.481 e. The SMILES string of the molecule is CCCCc1ccc(CC(Cc2ccc(CC(=O)O)cc2)(c2ccc[nH]2)S(C)(=O)=O)cc1. The number of H-pyrrole nitrogens is 1. The summed E-state index contributed by atoms with van der Waals surface area (Å²) < 4.78 is 25.4. The lowest BCUT2D eigenvalue weighted by molar-refractivity contribution is -0.136. The van der Waals surface area contributed by atoms with Crippen molar-refractivity contribution in [1.82, 2.24) is 4.98 Å². The number of hydrogen-bond acceptors (Lipinski definition) is 3. The number of rotatable bonds is 11. The minimum Gasteiger partial charge on any atom is -0.481 e. The summed E-state index contributed by atoms with van der Waals surface area (Å²) in [6.07, 6.45) is 6.91. The quantitative estimate of drug-likeness (QED) is 0.440. The van der Waals surface area contributed by atoms with Crippen LogP contribution >= 0.6 is 0 Å². The molecule has 5 nitrogen and oxygen atoms in total. The molecule has 0 spiro atoms. The molecular formula is C26H31NO4S. The van der Waals surface area contributed by atoms with E-state index in [1.54, 1.807) is 18.3 Å². The number of benzene rings is 2. The molecular weight excluding hydrogens is 422 g/mol. The third-order valence-corrected chi connectivity index (χ3v) is 7.93. The number of nitrogens with one attached hydrogen (secondary N) is 1. The van der Waals surface area contributed by atoms with Gasteiger partial charge in [0, 0.05) is 18.1 Å². The van der Waals surface area contributed by atoms with Crippen molar-refractivity contribution < 1.29 is 18.3 Å². The first-order valence-electron chi connectivity index (χ1n) is 10.9. The molecule has 0 bridgehead atoms. The Hall–Kier alpha value is -2.86. The van der Waals surface area contributed by atoms with Crippen LogP contribution in [0.1, 0.15) is 47.7 Å². The molecule has 0 aliphatic heterocycles. The van der Waals surface area contributed by atoms with Crippen molar-refractivity contribution in [1.29, 1.82) is 0 Å². The molecule has 1 heterocycles.